The highest BCUT2D eigenvalue weighted by molar-refractivity contribution is 5.74. The van der Waals surface area contributed by atoms with E-state index >= 15 is 0 Å². The molecule has 0 aromatic carbocycles. The minimum Gasteiger partial charge on any atom is -0.460 e. The molecule has 3 rings (SSSR count). The zero-order chi connectivity index (χ0) is 23.6. The smallest absolute Gasteiger partial charge is 0.335 e. The van der Waals surface area contributed by atoms with Gasteiger partial charge in [0.2, 0.25) is 0 Å². The molecule has 0 aromatic heterocycles. The molecule has 3 fully saturated rings. The van der Waals surface area contributed by atoms with Crippen molar-refractivity contribution in [3.63, 3.8) is 0 Å². The van der Waals surface area contributed by atoms with Crippen molar-refractivity contribution < 1.29 is 29.2 Å². The Kier molecular flexibility index (Phi) is 8.68. The zero-order valence-corrected chi connectivity index (χ0v) is 21.0. The van der Waals surface area contributed by atoms with Gasteiger partial charge in [-0.25, -0.2) is 4.79 Å². The summed E-state index contributed by atoms with van der Waals surface area (Å²) in [6, 6.07) is 0. The maximum Gasteiger partial charge on any atom is 0.335 e. The second-order valence-corrected chi connectivity index (χ2v) is 11.7. The number of carbonyl (C=O) groups is 1. The third kappa shape index (κ3) is 5.68. The first kappa shape index (κ1) is 25.9. The van der Waals surface area contributed by atoms with Gasteiger partial charge in [-0.2, -0.15) is 0 Å². The van der Waals surface area contributed by atoms with Crippen LogP contribution in [0.15, 0.2) is 0 Å². The van der Waals surface area contributed by atoms with Crippen molar-refractivity contribution in [2.45, 2.75) is 104 Å². The highest BCUT2D eigenvalue weighted by Gasteiger charge is 2.55. The van der Waals surface area contributed by atoms with Crippen LogP contribution in [0.1, 0.15) is 80.1 Å². The van der Waals surface area contributed by atoms with Gasteiger partial charge in [0, 0.05) is 12.3 Å². The molecule has 186 valence electrons. The first-order valence-corrected chi connectivity index (χ1v) is 12.9. The van der Waals surface area contributed by atoms with E-state index in [2.05, 4.69) is 41.5 Å². The second kappa shape index (κ2) is 10.7. The van der Waals surface area contributed by atoms with Crippen molar-refractivity contribution in [3.05, 3.63) is 0 Å². The molecule has 9 atom stereocenters. The van der Waals surface area contributed by atoms with Crippen molar-refractivity contribution in [2.75, 3.05) is 13.2 Å². The van der Waals surface area contributed by atoms with E-state index in [1.54, 1.807) is 0 Å². The molecule has 1 aliphatic heterocycles. The van der Waals surface area contributed by atoms with Crippen molar-refractivity contribution in [2.24, 2.45) is 41.4 Å². The van der Waals surface area contributed by atoms with Gasteiger partial charge in [0.1, 0.15) is 12.2 Å². The van der Waals surface area contributed by atoms with E-state index in [0.717, 1.165) is 25.7 Å². The molecule has 2 aliphatic carbocycles. The molecule has 6 heteroatoms. The number of esters is 1. The Morgan fingerprint density at radius 1 is 1.09 bits per heavy atom. The van der Waals surface area contributed by atoms with Crippen LogP contribution in [0.4, 0.5) is 0 Å². The van der Waals surface area contributed by atoms with Crippen LogP contribution >= 0.6 is 0 Å². The molecular formula is C26H46O6. The van der Waals surface area contributed by atoms with Gasteiger partial charge in [-0.1, -0.05) is 48.0 Å². The summed E-state index contributed by atoms with van der Waals surface area (Å²) in [7, 11) is 0. The van der Waals surface area contributed by atoms with Gasteiger partial charge in [-0.3, -0.25) is 0 Å². The molecule has 0 bridgehead atoms. The summed E-state index contributed by atoms with van der Waals surface area (Å²) in [5.41, 5.74) is 0. The van der Waals surface area contributed by atoms with Crippen molar-refractivity contribution in [1.29, 1.82) is 0 Å². The Bertz CT molecular complexity index is 621. The Morgan fingerprint density at radius 3 is 2.41 bits per heavy atom. The van der Waals surface area contributed by atoms with E-state index in [0.29, 0.717) is 36.7 Å². The fourth-order valence-corrected chi connectivity index (χ4v) is 6.84. The molecule has 2 N–H and O–H groups in total. The molecule has 0 amide bonds. The van der Waals surface area contributed by atoms with Crippen LogP contribution in [-0.2, 0) is 19.0 Å². The lowest BCUT2D eigenvalue weighted by Gasteiger charge is -2.49. The molecule has 1 spiro atoms. The van der Waals surface area contributed by atoms with E-state index in [-0.39, 0.29) is 36.6 Å². The number of hydrogen-bond acceptors (Lipinski definition) is 6. The van der Waals surface area contributed by atoms with Crippen molar-refractivity contribution >= 4 is 5.97 Å². The van der Waals surface area contributed by atoms with Gasteiger partial charge in [-0.05, 0) is 61.2 Å². The van der Waals surface area contributed by atoms with Gasteiger partial charge >= 0.3 is 5.97 Å². The number of ether oxygens (including phenoxy) is 3. The lowest BCUT2D eigenvalue weighted by molar-refractivity contribution is -0.256. The molecule has 0 aromatic rings. The van der Waals surface area contributed by atoms with Gasteiger partial charge < -0.3 is 24.4 Å². The number of hydrogen-bond donors (Lipinski definition) is 2. The fraction of sp³-hybridized carbons (Fsp3) is 0.962. The summed E-state index contributed by atoms with van der Waals surface area (Å²) in [4.78, 5) is 13.0. The summed E-state index contributed by atoms with van der Waals surface area (Å²) in [6.07, 6.45) is 3.63. The highest BCUT2D eigenvalue weighted by Crippen LogP contribution is 2.51. The van der Waals surface area contributed by atoms with E-state index in [9.17, 15) is 15.0 Å². The average molecular weight is 455 g/mol. The molecule has 0 radical (unpaired) electrons. The van der Waals surface area contributed by atoms with Crippen LogP contribution in [-0.4, -0.2) is 53.5 Å². The molecule has 6 nitrogen and oxygen atoms in total. The predicted octanol–water partition coefficient (Wildman–Crippen LogP) is 4.16. The Hall–Kier alpha value is -0.690. The lowest BCUT2D eigenvalue weighted by atomic mass is 9.64. The molecular weight excluding hydrogens is 408 g/mol. The summed E-state index contributed by atoms with van der Waals surface area (Å²) < 4.78 is 18.4. The third-order valence-corrected chi connectivity index (χ3v) is 8.18. The highest BCUT2D eigenvalue weighted by atomic mass is 16.7. The number of aliphatic hydroxyl groups is 2. The standard InChI is InChI=1S/C26H46O6/c1-15(2)21-8-7-17(5)10-23(21)31-25(29)22(28)11-19-9-18(6)12-26(24(19)16(3)4)30-14-20(13-27)32-26/h15-24,27-28H,7-14H2,1-6H3/t17-,18-,19?,20?,21+,22-,23-,24-,26+/m1/s1. The molecule has 32 heavy (non-hydrogen) atoms. The molecule has 1 saturated heterocycles. The second-order valence-electron chi connectivity index (χ2n) is 11.7. The van der Waals surface area contributed by atoms with Crippen LogP contribution in [0.25, 0.3) is 0 Å². The van der Waals surface area contributed by atoms with Crippen LogP contribution in [0.5, 0.6) is 0 Å². The van der Waals surface area contributed by atoms with E-state index in [1.165, 1.54) is 6.42 Å². The minimum atomic E-state index is -1.14. The Morgan fingerprint density at radius 2 is 1.81 bits per heavy atom. The quantitative estimate of drug-likeness (QED) is 0.562. The minimum absolute atomic E-state index is 0.0517. The van der Waals surface area contributed by atoms with Gasteiger partial charge in [-0.15, -0.1) is 0 Å². The molecule has 3 aliphatic rings. The normalized spacial score (nSPS) is 41.4. The molecule has 1 heterocycles. The number of aliphatic hydroxyl groups excluding tert-OH is 2. The fourth-order valence-electron chi connectivity index (χ4n) is 6.84. The van der Waals surface area contributed by atoms with Crippen LogP contribution in [0.2, 0.25) is 0 Å². The SMILES string of the molecule is CC(C)[C@@H]1C(C[C@@H](O)C(=O)O[C@@H]2C[C@H](C)CC[C@H]2C(C)C)C[C@@H](C)C[C@@]12OCC(CO)O2. The largest absolute Gasteiger partial charge is 0.460 e. The van der Waals surface area contributed by atoms with Crippen LogP contribution < -0.4 is 0 Å². The third-order valence-electron chi connectivity index (χ3n) is 8.18. The Balaban J connectivity index is 1.69. The van der Waals surface area contributed by atoms with Crippen LogP contribution in [0.3, 0.4) is 0 Å². The Labute approximate surface area is 194 Å². The van der Waals surface area contributed by atoms with Crippen molar-refractivity contribution in [1.82, 2.24) is 0 Å². The predicted molar refractivity (Wildman–Crippen MR) is 123 cm³/mol. The van der Waals surface area contributed by atoms with Gasteiger partial charge in [0.05, 0.1) is 13.2 Å². The van der Waals surface area contributed by atoms with Gasteiger partial charge in [0.15, 0.2) is 11.9 Å². The van der Waals surface area contributed by atoms with Crippen LogP contribution in [0, 0.1) is 41.4 Å². The zero-order valence-electron chi connectivity index (χ0n) is 21.0. The number of rotatable bonds is 7. The van der Waals surface area contributed by atoms with E-state index in [4.69, 9.17) is 14.2 Å². The maximum absolute atomic E-state index is 13.0. The first-order valence-electron chi connectivity index (χ1n) is 12.9. The topological polar surface area (TPSA) is 85.2 Å². The lowest BCUT2D eigenvalue weighted by Crippen LogP contribution is -2.52. The summed E-state index contributed by atoms with van der Waals surface area (Å²) in [5.74, 6) is 0.886. The van der Waals surface area contributed by atoms with E-state index in [1.807, 2.05) is 0 Å². The number of carbonyl (C=O) groups excluding carboxylic acids is 1. The summed E-state index contributed by atoms with van der Waals surface area (Å²) in [5, 5.41) is 20.5. The summed E-state index contributed by atoms with van der Waals surface area (Å²) >= 11 is 0. The maximum atomic E-state index is 13.0. The monoisotopic (exact) mass is 454 g/mol. The van der Waals surface area contributed by atoms with Crippen molar-refractivity contribution in [3.8, 4) is 0 Å². The molecule has 2 unspecified atom stereocenters. The van der Waals surface area contributed by atoms with Gasteiger partial charge in [0.25, 0.3) is 0 Å². The first-order chi connectivity index (χ1) is 15.1. The summed E-state index contributed by atoms with van der Waals surface area (Å²) in [6.45, 7) is 13.4. The average Bonchev–Trinajstić information content (AvgIpc) is 3.09. The van der Waals surface area contributed by atoms with E-state index < -0.39 is 17.9 Å². The molecule has 2 saturated carbocycles.